The van der Waals surface area contributed by atoms with Crippen molar-refractivity contribution < 1.29 is 14.3 Å². The first-order valence-corrected chi connectivity index (χ1v) is 9.47. The molecule has 0 saturated carbocycles. The van der Waals surface area contributed by atoms with Crippen molar-refractivity contribution in [1.29, 1.82) is 0 Å². The zero-order valence-electron chi connectivity index (χ0n) is 15.3. The largest absolute Gasteiger partial charge is 0.451 e. The number of aliphatic hydroxyl groups is 1. The highest BCUT2D eigenvalue weighted by molar-refractivity contribution is 6.07. The molecule has 0 bridgehead atoms. The molecular weight excluding hydrogens is 354 g/mol. The number of nitrogens with zero attached hydrogens (tertiary/aromatic N) is 3. The van der Waals surface area contributed by atoms with E-state index in [4.69, 9.17) is 4.42 Å². The number of carbonyl (C=O) groups is 1. The van der Waals surface area contributed by atoms with Crippen LogP contribution in [-0.2, 0) is 6.54 Å². The van der Waals surface area contributed by atoms with Gasteiger partial charge in [0.05, 0.1) is 12.3 Å². The molecule has 1 saturated heterocycles. The Balaban J connectivity index is 1.51. The fourth-order valence-electron chi connectivity index (χ4n) is 4.63. The van der Waals surface area contributed by atoms with Gasteiger partial charge in [-0.25, -0.2) is 4.98 Å². The molecule has 3 aromatic rings. The summed E-state index contributed by atoms with van der Waals surface area (Å²) in [6.07, 6.45) is 3.05. The van der Waals surface area contributed by atoms with E-state index in [0.29, 0.717) is 18.7 Å². The van der Waals surface area contributed by atoms with E-state index in [-0.39, 0.29) is 30.5 Å². The summed E-state index contributed by atoms with van der Waals surface area (Å²) in [7, 11) is 0. The molecule has 1 N–H and O–H groups in total. The molecule has 3 heterocycles. The molecule has 6 nitrogen and oxygen atoms in total. The Morgan fingerprint density at radius 3 is 2.68 bits per heavy atom. The molecule has 2 aromatic carbocycles. The summed E-state index contributed by atoms with van der Waals surface area (Å²) in [5, 5.41) is 10.0. The van der Waals surface area contributed by atoms with E-state index in [9.17, 15) is 9.90 Å². The molecule has 1 aromatic heterocycles. The van der Waals surface area contributed by atoms with E-state index in [1.807, 2.05) is 53.4 Å². The Morgan fingerprint density at radius 2 is 1.93 bits per heavy atom. The Morgan fingerprint density at radius 1 is 1.14 bits per heavy atom. The zero-order valence-corrected chi connectivity index (χ0v) is 15.3. The summed E-state index contributed by atoms with van der Waals surface area (Å²) in [6, 6.07) is 17.6. The van der Waals surface area contributed by atoms with Gasteiger partial charge in [0.15, 0.2) is 6.39 Å². The molecule has 0 unspecified atom stereocenters. The number of rotatable bonds is 4. The predicted octanol–water partition coefficient (Wildman–Crippen LogP) is 2.66. The van der Waals surface area contributed by atoms with Crippen molar-refractivity contribution in [3.05, 3.63) is 84.1 Å². The maximum Gasteiger partial charge on any atom is 0.258 e. The van der Waals surface area contributed by atoms with E-state index >= 15 is 0 Å². The lowest BCUT2D eigenvalue weighted by atomic mass is 9.72. The predicted molar refractivity (Wildman–Crippen MR) is 104 cm³/mol. The lowest BCUT2D eigenvalue weighted by Gasteiger charge is -2.59. The van der Waals surface area contributed by atoms with Crippen LogP contribution in [-0.4, -0.2) is 46.1 Å². The lowest BCUT2D eigenvalue weighted by Crippen LogP contribution is -2.68. The third-order valence-electron chi connectivity index (χ3n) is 5.92. The van der Waals surface area contributed by atoms with Gasteiger partial charge < -0.3 is 14.4 Å². The number of aromatic nitrogens is 1. The van der Waals surface area contributed by atoms with Crippen LogP contribution in [0.4, 0.5) is 5.69 Å². The van der Waals surface area contributed by atoms with Crippen molar-refractivity contribution in [1.82, 2.24) is 9.88 Å². The maximum atomic E-state index is 13.2. The second kappa shape index (κ2) is 6.89. The third kappa shape index (κ3) is 2.65. The van der Waals surface area contributed by atoms with Crippen LogP contribution in [0.5, 0.6) is 0 Å². The summed E-state index contributed by atoms with van der Waals surface area (Å²) in [5.41, 5.74) is 3.57. The zero-order chi connectivity index (χ0) is 19.1. The first-order valence-electron chi connectivity index (χ1n) is 9.47. The molecule has 3 atom stereocenters. The van der Waals surface area contributed by atoms with Crippen molar-refractivity contribution in [3.8, 4) is 0 Å². The van der Waals surface area contributed by atoms with Gasteiger partial charge in [0, 0.05) is 42.3 Å². The number of aliphatic hydroxyl groups excluding tert-OH is 1. The molecule has 0 radical (unpaired) electrons. The summed E-state index contributed by atoms with van der Waals surface area (Å²) < 4.78 is 5.10. The number of hydrogen-bond acceptors (Lipinski definition) is 5. The topological polar surface area (TPSA) is 69.8 Å². The Kier molecular flexibility index (Phi) is 4.22. The number of hydrogen-bond donors (Lipinski definition) is 1. The normalized spacial score (nSPS) is 23.6. The smallest absolute Gasteiger partial charge is 0.258 e. The number of fused-ring (bicyclic) bond motifs is 3. The number of benzene rings is 2. The number of carbonyl (C=O) groups excluding carboxylic acids is 1. The third-order valence-corrected chi connectivity index (χ3v) is 5.92. The van der Waals surface area contributed by atoms with Gasteiger partial charge in [-0.1, -0.05) is 36.4 Å². The van der Waals surface area contributed by atoms with Gasteiger partial charge in [0.2, 0.25) is 0 Å². The molecule has 6 heteroatoms. The Hall–Kier alpha value is -2.96. The van der Waals surface area contributed by atoms with Crippen LogP contribution >= 0.6 is 0 Å². The fraction of sp³-hybridized carbons (Fsp3) is 0.273. The first-order chi connectivity index (χ1) is 13.8. The van der Waals surface area contributed by atoms with Gasteiger partial charge in [-0.15, -0.1) is 0 Å². The fourth-order valence-corrected chi connectivity index (χ4v) is 4.63. The van der Waals surface area contributed by atoms with Crippen molar-refractivity contribution in [2.75, 3.05) is 18.1 Å². The van der Waals surface area contributed by atoms with Crippen LogP contribution < -0.4 is 4.90 Å². The van der Waals surface area contributed by atoms with Gasteiger partial charge in [-0.05, 0) is 23.8 Å². The average Bonchev–Trinajstić information content (AvgIpc) is 3.25. The van der Waals surface area contributed by atoms with Gasteiger partial charge in [0.25, 0.3) is 5.91 Å². The van der Waals surface area contributed by atoms with Gasteiger partial charge >= 0.3 is 0 Å². The summed E-state index contributed by atoms with van der Waals surface area (Å²) >= 11 is 0. The minimum atomic E-state index is 0.000310. The van der Waals surface area contributed by atoms with E-state index in [2.05, 4.69) is 16.0 Å². The van der Waals surface area contributed by atoms with Crippen molar-refractivity contribution in [3.63, 3.8) is 0 Å². The molecule has 28 heavy (non-hydrogen) atoms. The molecule has 0 spiro atoms. The van der Waals surface area contributed by atoms with Crippen molar-refractivity contribution >= 4 is 11.6 Å². The highest BCUT2D eigenvalue weighted by atomic mass is 16.3. The SMILES string of the molecule is O=C(c1ccccc1)N1C[C@H]2[C@@H](c3ccccc31)[C@@H](CO)N2Cc1cocn1. The monoisotopic (exact) mass is 375 g/mol. The number of amides is 1. The summed E-state index contributed by atoms with van der Waals surface area (Å²) in [6.45, 7) is 1.25. The lowest BCUT2D eigenvalue weighted by molar-refractivity contribution is -0.0496. The molecule has 5 rings (SSSR count). The van der Waals surface area contributed by atoms with Crippen LogP contribution in [0.3, 0.4) is 0 Å². The standard InChI is InChI=1S/C22H21N3O3/c26-12-20-21-17-8-4-5-9-18(17)25(22(27)15-6-2-1-3-7-15)11-19(21)24(20)10-16-13-28-14-23-16/h1-9,13-14,19-21,26H,10-12H2/t19-,20+,21+/m0/s1. The van der Waals surface area contributed by atoms with E-state index < -0.39 is 0 Å². The molecule has 0 aliphatic carbocycles. The Bertz CT molecular complexity index is 974. The first kappa shape index (κ1) is 17.2. The van der Waals surface area contributed by atoms with E-state index in [0.717, 1.165) is 16.9 Å². The van der Waals surface area contributed by atoms with Gasteiger partial charge in [-0.3, -0.25) is 9.69 Å². The van der Waals surface area contributed by atoms with Crippen LogP contribution in [0.1, 0.15) is 27.5 Å². The minimum Gasteiger partial charge on any atom is -0.451 e. The summed E-state index contributed by atoms with van der Waals surface area (Å²) in [5.74, 6) is 0.202. The Labute approximate surface area is 163 Å². The molecule has 1 amide bonds. The van der Waals surface area contributed by atoms with Crippen LogP contribution in [0.25, 0.3) is 0 Å². The molecule has 142 valence electrons. The van der Waals surface area contributed by atoms with Gasteiger partial charge in [-0.2, -0.15) is 0 Å². The van der Waals surface area contributed by atoms with E-state index in [1.54, 1.807) is 6.26 Å². The number of oxazole rings is 1. The quantitative estimate of drug-likeness (QED) is 0.759. The second-order valence-electron chi connectivity index (χ2n) is 7.34. The highest BCUT2D eigenvalue weighted by Gasteiger charge is 2.53. The van der Waals surface area contributed by atoms with E-state index in [1.165, 1.54) is 6.39 Å². The van der Waals surface area contributed by atoms with Crippen LogP contribution in [0.15, 0.2) is 71.7 Å². The molecule has 2 aliphatic heterocycles. The summed E-state index contributed by atoms with van der Waals surface area (Å²) in [4.78, 5) is 21.6. The minimum absolute atomic E-state index is 0.000310. The number of anilines is 1. The highest BCUT2D eigenvalue weighted by Crippen LogP contribution is 2.48. The van der Waals surface area contributed by atoms with Crippen molar-refractivity contribution in [2.45, 2.75) is 24.5 Å². The van der Waals surface area contributed by atoms with Crippen molar-refractivity contribution in [2.24, 2.45) is 0 Å². The molecule has 2 aliphatic rings. The van der Waals surface area contributed by atoms with Gasteiger partial charge in [0.1, 0.15) is 6.26 Å². The molecular formula is C22H21N3O3. The van der Waals surface area contributed by atoms with Crippen LogP contribution in [0, 0.1) is 0 Å². The number of likely N-dealkylation sites (tertiary alicyclic amines) is 1. The van der Waals surface area contributed by atoms with Crippen LogP contribution in [0.2, 0.25) is 0 Å². The number of para-hydroxylation sites is 1. The maximum absolute atomic E-state index is 13.2. The average molecular weight is 375 g/mol. The molecule has 1 fully saturated rings. The second-order valence-corrected chi connectivity index (χ2v) is 7.34.